The van der Waals surface area contributed by atoms with Crippen molar-refractivity contribution in [3.8, 4) is 0 Å². The Hall–Kier alpha value is -6.25. The summed E-state index contributed by atoms with van der Waals surface area (Å²) in [6, 6.07) is -2.66. The van der Waals surface area contributed by atoms with Crippen molar-refractivity contribution in [1.82, 2.24) is 5.32 Å². The molecule has 2 aliphatic rings. The van der Waals surface area contributed by atoms with Crippen LogP contribution in [0.5, 0.6) is 0 Å². The summed E-state index contributed by atoms with van der Waals surface area (Å²) in [6.45, 7) is -40.5. The van der Waals surface area contributed by atoms with Gasteiger partial charge in [0.1, 0.15) is 24.9 Å². The first-order chi connectivity index (χ1) is 58.9. The second kappa shape index (κ2) is 51.8. The highest BCUT2D eigenvalue weighted by Crippen LogP contribution is 2.34. The third-order valence-electron chi connectivity index (χ3n) is 15.8. The average Bonchev–Trinajstić information content (AvgIpc) is 0.766. The van der Waals surface area contributed by atoms with Gasteiger partial charge in [0.2, 0.25) is 0 Å². The van der Waals surface area contributed by atoms with Gasteiger partial charge < -0.3 is 71.6 Å². The lowest BCUT2D eigenvalue weighted by Gasteiger charge is -2.46. The number of carbonyl (C=O) groups is 11. The smallest absolute Gasteiger partial charge is 0.303 e. The highest BCUT2D eigenvalue weighted by Gasteiger charge is 2.56. The Bertz CT molecular complexity index is 3490. The molecule has 2 rings (SSSR count). The minimum atomic E-state index is -4.10. The molecule has 0 bridgehead atoms. The molecule has 2 saturated heterocycles. The highest BCUT2D eigenvalue weighted by atomic mass is 16.8. The van der Waals surface area contributed by atoms with Crippen LogP contribution in [0.15, 0.2) is 12.2 Å². The van der Waals surface area contributed by atoms with Crippen molar-refractivity contribution < 1.29 is 160 Å². The number of rotatable bonds is 52. The van der Waals surface area contributed by atoms with Gasteiger partial charge in [0, 0.05) is 116 Å². The van der Waals surface area contributed by atoms with Gasteiger partial charge in [0.25, 0.3) is 5.91 Å². The number of hydrogen-bond donors (Lipinski definition) is 1. The fourth-order valence-electron chi connectivity index (χ4n) is 11.3. The first kappa shape index (κ1) is 50.1. The van der Waals surface area contributed by atoms with Crippen molar-refractivity contribution in [2.45, 2.75) is 361 Å². The van der Waals surface area contributed by atoms with Crippen LogP contribution in [0.3, 0.4) is 0 Å². The van der Waals surface area contributed by atoms with E-state index >= 15 is 4.79 Å². The molecule has 0 saturated carbocycles. The Morgan fingerprint density at radius 3 is 1.19 bits per heavy atom. The summed E-state index contributed by atoms with van der Waals surface area (Å²) in [5, 5.41) is 2.20. The summed E-state index contributed by atoms with van der Waals surface area (Å²) in [5.41, 5.74) is 0. The molecule has 2 aliphatic heterocycles. The summed E-state index contributed by atoms with van der Waals surface area (Å²) < 4.78 is 312. The van der Waals surface area contributed by atoms with Crippen molar-refractivity contribution in [3.05, 3.63) is 12.2 Å². The van der Waals surface area contributed by atoms with Crippen LogP contribution in [0.2, 0.25) is 0 Å². The van der Waals surface area contributed by atoms with E-state index in [2.05, 4.69) is 19.2 Å². The molecule has 0 radical (unpaired) electrons. The van der Waals surface area contributed by atoms with E-state index in [9.17, 15) is 47.9 Å². The second-order valence-corrected chi connectivity index (χ2v) is 23.5. The number of amides is 1. The van der Waals surface area contributed by atoms with Gasteiger partial charge in [-0.05, 0) is 25.7 Å². The van der Waals surface area contributed by atoms with E-state index in [1.54, 1.807) is 0 Å². The molecular weight excluding hydrogens is 1280 g/mol. The van der Waals surface area contributed by atoms with E-state index in [-0.39, 0.29) is 19.3 Å². The molecule has 0 aromatic heterocycles. The van der Waals surface area contributed by atoms with Crippen LogP contribution in [0, 0.1) is 0 Å². The van der Waals surface area contributed by atoms with Crippen molar-refractivity contribution in [3.63, 3.8) is 0 Å². The monoisotopic (exact) mass is 1430 g/mol. The molecule has 26 nitrogen and oxygen atoms in total. The third-order valence-corrected chi connectivity index (χ3v) is 15.8. The van der Waals surface area contributed by atoms with Gasteiger partial charge in [-0.25, -0.2) is 0 Å². The predicted molar refractivity (Wildman–Crippen MR) is 357 cm³/mol. The molecule has 562 valence electrons. The first-order valence-electron chi connectivity index (χ1n) is 48.5. The number of allylic oxidation sites excluding steroid dienone is 1. The fourth-order valence-corrected chi connectivity index (χ4v) is 11.3. The van der Waals surface area contributed by atoms with Gasteiger partial charge in [-0.15, -0.1) is 0 Å². The Balaban J connectivity index is 3.35. The molecule has 0 aromatic carbocycles. The molecule has 0 aliphatic carbocycles. The maximum absolute atomic E-state index is 15.3. The lowest BCUT2D eigenvalue weighted by molar-refractivity contribution is -0.335. The van der Waals surface area contributed by atoms with E-state index in [0.717, 1.165) is 103 Å². The topological polar surface area (TPSA) is 329 Å². The lowest BCUT2D eigenvalue weighted by Crippen LogP contribution is -2.65. The zero-order valence-corrected chi connectivity index (χ0v) is 55.8. The van der Waals surface area contributed by atoms with Crippen LogP contribution < -0.4 is 5.32 Å². The maximum Gasteiger partial charge on any atom is 0.303 e. The minimum Gasteiger partial charge on any atom is -0.463 e. The van der Waals surface area contributed by atoms with Crippen LogP contribution in [-0.4, -0.2) is 171 Å². The zero-order chi connectivity index (χ0) is 97.8. The van der Waals surface area contributed by atoms with Crippen molar-refractivity contribution in [2.24, 2.45) is 0 Å². The minimum absolute atomic E-state index is 0.0774. The van der Waals surface area contributed by atoms with Crippen molar-refractivity contribution >= 4 is 65.6 Å². The fraction of sp³-hybridized carbons (Fsp3) is 0.819. The lowest BCUT2D eigenvalue weighted by atomic mass is 9.97. The summed E-state index contributed by atoms with van der Waals surface area (Å²) >= 11 is 0. The molecular formula is C72H119NO25. The van der Waals surface area contributed by atoms with Gasteiger partial charge in [-0.3, -0.25) is 52.7 Å². The number of ether oxygens (including phenoxy) is 14. The molecule has 0 aromatic rings. The number of hydrogen-bond acceptors (Lipinski definition) is 25. The van der Waals surface area contributed by atoms with E-state index in [1.165, 1.54) is 44.3 Å². The molecule has 0 unspecified atom stereocenters. The summed E-state index contributed by atoms with van der Waals surface area (Å²) in [5.74, 6) is -25.0. The first-order valence-corrected chi connectivity index (χ1v) is 33.5. The number of nitrogens with one attached hydrogen (secondary N) is 1. The van der Waals surface area contributed by atoms with Crippen molar-refractivity contribution in [2.75, 3.05) is 19.8 Å². The van der Waals surface area contributed by atoms with Gasteiger partial charge in [0.05, 0.1) is 19.3 Å². The van der Waals surface area contributed by atoms with E-state index in [0.29, 0.717) is 25.7 Å². The normalized spacial score (nSPS) is 27.7. The second-order valence-electron chi connectivity index (χ2n) is 23.5. The van der Waals surface area contributed by atoms with Crippen LogP contribution in [0.25, 0.3) is 0 Å². The molecule has 98 heavy (non-hydrogen) atoms. The predicted octanol–water partition coefficient (Wildman–Crippen LogP) is 11.2. The maximum atomic E-state index is 15.3. The van der Waals surface area contributed by atoms with Crippen LogP contribution in [0.4, 0.5) is 0 Å². The average molecular weight is 1430 g/mol. The number of carbonyl (C=O) groups excluding carboxylic acids is 11. The van der Waals surface area contributed by atoms with Crippen molar-refractivity contribution in [1.29, 1.82) is 0 Å². The van der Waals surface area contributed by atoms with Gasteiger partial charge in [-0.1, -0.05) is 187 Å². The molecule has 1 amide bonds. The Kier molecular flexibility index (Phi) is 26.5. The quantitative estimate of drug-likeness (QED) is 0.0256. The zero-order valence-electron chi connectivity index (χ0n) is 85.8. The van der Waals surface area contributed by atoms with E-state index < -0.39 is 253 Å². The summed E-state index contributed by atoms with van der Waals surface area (Å²) in [7, 11) is 0. The molecule has 2 fully saturated rings. The highest BCUT2D eigenvalue weighted by molar-refractivity contribution is 5.83. The Morgan fingerprint density at radius 2 is 0.755 bits per heavy atom. The summed E-state index contributed by atoms with van der Waals surface area (Å²) in [6.07, 6.45) is -12.4. The summed E-state index contributed by atoms with van der Waals surface area (Å²) in [4.78, 5) is 151. The van der Waals surface area contributed by atoms with Gasteiger partial charge >= 0.3 is 59.7 Å². The molecule has 2 heterocycles. The number of unbranched alkanes of at least 4 members (excludes halogenated alkanes) is 26. The van der Waals surface area contributed by atoms with Gasteiger partial charge in [0.15, 0.2) is 61.4 Å². The van der Waals surface area contributed by atoms with Gasteiger partial charge in [-0.2, -0.15) is 0 Å². The molecule has 26 heteroatoms. The third kappa shape index (κ3) is 38.9. The molecule has 0 spiro atoms. The Morgan fingerprint density at radius 1 is 0.388 bits per heavy atom. The van der Waals surface area contributed by atoms with E-state index in [4.69, 9.17) is 107 Å². The van der Waals surface area contributed by atoms with Crippen LogP contribution in [0.1, 0.15) is 316 Å². The number of esters is 10. The van der Waals surface area contributed by atoms with E-state index in [1.807, 2.05) is 0 Å². The van der Waals surface area contributed by atoms with Crippen LogP contribution >= 0.6 is 0 Å². The van der Waals surface area contributed by atoms with Crippen LogP contribution in [-0.2, 0) is 119 Å². The largest absolute Gasteiger partial charge is 0.463 e. The SMILES string of the molecule is [2H]C([2H])([2H])C(=O)OC[C@H]1O[C@@H](OC[C@H]2O[C@@H](OC[C@H](NC(=O)[C@@H](CCCCCCCCCCCCCCCCCCCC)OC(=O)C([2H])([2H])[2H])[C@H](OC(=O)C([2H])([2H])[2H])[C@@H](C/C=C/CCCCCCCCCCC)OC(=O)C([2H])([2H])[2H])[C@H](OC(=O)C([2H])([2H])[2H])[C@@H](OC(=O)C([2H])([2H])[2H])[C@@H]2OC(=O)C([2H])([2H])[2H])[C@H](OC(=O)C([2H])([2H])[2H])[C@@H](OC(=O)C([2H])([2H])[2H])[C@H]1OC(=O)C([2H])([2H])[2H]. The standard InChI is InChI=1S/C72H119NO25/c1-13-15-17-19-21-23-25-27-28-29-30-31-32-34-36-38-40-42-44-60(89-50(5)76)70(84)73-58(63(90-51(6)77)59(88-49(4)75)43-41-39-37-35-33-26-24-22-20-18-16-14-2)45-86-71-68(95-56(11)82)67(94-55(10)81)65(92-53(8)79)62(98-71)47-87-72-69(96-57(12)83)66(93-54(9)80)64(91-52(7)78)61(97-72)46-85-48(3)74/h39,41,58-69,71-72H,13-38,40,42-47H2,1-12H3,(H,73,84)/b41-39+/t58-,59+,60+,61+,62+,63-,64-,65+,66-,67-,68+,69+,71+,72+/m0/s1/i3D3,4D3,5D3,6D3,7D3,8D3,9D3,10D3,11D3,12D3. The molecule has 1 N–H and O–H groups in total. The Labute approximate surface area is 623 Å². The molecule has 14 atom stereocenters.